The predicted molar refractivity (Wildman–Crippen MR) is 53.4 cm³/mol. The third-order valence-corrected chi connectivity index (χ3v) is 1.41. The van der Waals surface area contributed by atoms with Gasteiger partial charge in [-0.25, -0.2) is 9.97 Å². The van der Waals surface area contributed by atoms with Crippen molar-refractivity contribution in [3.05, 3.63) is 23.2 Å². The predicted octanol–water partition coefficient (Wildman–Crippen LogP) is 2.53. The van der Waals surface area contributed by atoms with Crippen LogP contribution in [0.4, 0.5) is 0 Å². The van der Waals surface area contributed by atoms with Gasteiger partial charge in [0.2, 0.25) is 0 Å². The topological polar surface area (TPSA) is 25.8 Å². The second kappa shape index (κ2) is 3.76. The lowest BCUT2D eigenvalue weighted by Gasteiger charge is -2.06. The quantitative estimate of drug-likeness (QED) is 0.469. The Morgan fingerprint density at radius 2 is 2.00 bits per heavy atom. The molecule has 0 radical (unpaired) electrons. The normalized spacial score (nSPS) is 10.5. The van der Waals surface area contributed by atoms with Crippen molar-refractivity contribution in [2.24, 2.45) is 5.41 Å². The molecule has 2 nitrogen and oxygen atoms in total. The number of halogens is 1. The van der Waals surface area contributed by atoms with E-state index < -0.39 is 0 Å². The van der Waals surface area contributed by atoms with Crippen LogP contribution in [0.25, 0.3) is 0 Å². The SMILES string of the molecule is CC(C)(C)C#Cc1cc(Cl)ncn1. The molecule has 1 heterocycles. The molecule has 1 aromatic rings. The number of hydrogen-bond donors (Lipinski definition) is 0. The van der Waals surface area contributed by atoms with Crippen LogP contribution in [0, 0.1) is 17.3 Å². The second-order valence-electron chi connectivity index (χ2n) is 3.73. The van der Waals surface area contributed by atoms with E-state index in [9.17, 15) is 0 Å². The van der Waals surface area contributed by atoms with Gasteiger partial charge in [0.05, 0.1) is 0 Å². The molecule has 0 fully saturated rings. The highest BCUT2D eigenvalue weighted by Gasteiger charge is 2.03. The third-order valence-electron chi connectivity index (χ3n) is 1.20. The first-order valence-corrected chi connectivity index (χ1v) is 4.36. The molecule has 3 heteroatoms. The molecule has 0 saturated carbocycles. The van der Waals surface area contributed by atoms with E-state index in [1.54, 1.807) is 6.07 Å². The smallest absolute Gasteiger partial charge is 0.133 e. The summed E-state index contributed by atoms with van der Waals surface area (Å²) in [6.07, 6.45) is 1.41. The van der Waals surface area contributed by atoms with E-state index in [2.05, 4.69) is 21.8 Å². The molecule has 0 unspecified atom stereocenters. The molecule has 13 heavy (non-hydrogen) atoms. The minimum absolute atomic E-state index is 0.0164. The van der Waals surface area contributed by atoms with Gasteiger partial charge in [0, 0.05) is 11.5 Å². The van der Waals surface area contributed by atoms with Gasteiger partial charge < -0.3 is 0 Å². The molecule has 0 aliphatic carbocycles. The van der Waals surface area contributed by atoms with Gasteiger partial charge in [-0.05, 0) is 26.7 Å². The maximum atomic E-state index is 5.68. The first-order chi connectivity index (χ1) is 5.97. The minimum Gasteiger partial charge on any atom is -0.228 e. The zero-order valence-electron chi connectivity index (χ0n) is 7.93. The number of rotatable bonds is 0. The molecule has 68 valence electrons. The van der Waals surface area contributed by atoms with Gasteiger partial charge in [0.15, 0.2) is 0 Å². The molecule has 0 bridgehead atoms. The third kappa shape index (κ3) is 3.91. The van der Waals surface area contributed by atoms with E-state index in [0.29, 0.717) is 10.8 Å². The number of hydrogen-bond acceptors (Lipinski definition) is 2. The molecule has 0 atom stereocenters. The standard InChI is InChI=1S/C10H11ClN2/c1-10(2,3)5-4-8-6-9(11)13-7-12-8/h6-7H,1-3H3. The van der Waals surface area contributed by atoms with Gasteiger partial charge in [0.25, 0.3) is 0 Å². The summed E-state index contributed by atoms with van der Waals surface area (Å²) in [4.78, 5) is 7.74. The van der Waals surface area contributed by atoms with E-state index in [1.807, 2.05) is 20.8 Å². The van der Waals surface area contributed by atoms with Gasteiger partial charge in [-0.15, -0.1) is 0 Å². The monoisotopic (exact) mass is 194 g/mol. The van der Waals surface area contributed by atoms with Crippen molar-refractivity contribution >= 4 is 11.6 Å². The molecule has 0 spiro atoms. The molecule has 0 aliphatic heterocycles. The number of aromatic nitrogens is 2. The summed E-state index contributed by atoms with van der Waals surface area (Å²) >= 11 is 5.68. The van der Waals surface area contributed by atoms with Gasteiger partial charge in [-0.3, -0.25) is 0 Å². The second-order valence-corrected chi connectivity index (χ2v) is 4.11. The Balaban J connectivity index is 2.90. The highest BCUT2D eigenvalue weighted by molar-refractivity contribution is 6.29. The van der Waals surface area contributed by atoms with Crippen LogP contribution in [-0.4, -0.2) is 9.97 Å². The molecule has 0 aromatic carbocycles. The summed E-state index contributed by atoms with van der Waals surface area (Å²) in [6.45, 7) is 6.13. The Morgan fingerprint density at radius 3 is 2.54 bits per heavy atom. The van der Waals surface area contributed by atoms with E-state index in [0.717, 1.165) is 0 Å². The van der Waals surface area contributed by atoms with Gasteiger partial charge in [-0.1, -0.05) is 17.5 Å². The molecular weight excluding hydrogens is 184 g/mol. The Labute approximate surface area is 83.4 Å². The van der Waals surface area contributed by atoms with Crippen molar-refractivity contribution < 1.29 is 0 Å². The summed E-state index contributed by atoms with van der Waals surface area (Å²) in [5.74, 6) is 6.01. The average Bonchev–Trinajstić information content (AvgIpc) is 2.00. The Kier molecular flexibility index (Phi) is 2.90. The Hall–Kier alpha value is -1.07. The van der Waals surface area contributed by atoms with E-state index in [-0.39, 0.29) is 5.41 Å². The summed E-state index contributed by atoms with van der Waals surface area (Å²) in [7, 11) is 0. The van der Waals surface area contributed by atoms with Gasteiger partial charge in [-0.2, -0.15) is 0 Å². The van der Waals surface area contributed by atoms with Crippen LogP contribution < -0.4 is 0 Å². The largest absolute Gasteiger partial charge is 0.228 e. The van der Waals surface area contributed by atoms with Gasteiger partial charge in [0.1, 0.15) is 17.2 Å². The van der Waals surface area contributed by atoms with Crippen LogP contribution in [-0.2, 0) is 0 Å². The van der Waals surface area contributed by atoms with Crippen molar-refractivity contribution in [2.75, 3.05) is 0 Å². The summed E-state index contributed by atoms with van der Waals surface area (Å²) in [5, 5.41) is 0.424. The molecule has 1 rings (SSSR count). The lowest BCUT2D eigenvalue weighted by molar-refractivity contribution is 0.571. The Morgan fingerprint density at radius 1 is 1.31 bits per heavy atom. The van der Waals surface area contributed by atoms with E-state index >= 15 is 0 Å². The first-order valence-electron chi connectivity index (χ1n) is 3.98. The zero-order chi connectivity index (χ0) is 9.90. The summed E-state index contributed by atoms with van der Waals surface area (Å²) in [5.41, 5.74) is 0.646. The summed E-state index contributed by atoms with van der Waals surface area (Å²) in [6, 6.07) is 1.65. The molecular formula is C10H11ClN2. The lowest BCUT2D eigenvalue weighted by Crippen LogP contribution is -1.99. The summed E-state index contributed by atoms with van der Waals surface area (Å²) < 4.78 is 0. The fraction of sp³-hybridized carbons (Fsp3) is 0.400. The van der Waals surface area contributed by atoms with Crippen LogP contribution in [0.3, 0.4) is 0 Å². The van der Waals surface area contributed by atoms with Crippen LogP contribution in [0.5, 0.6) is 0 Å². The maximum Gasteiger partial charge on any atom is 0.133 e. The first kappa shape index (κ1) is 10.0. The van der Waals surface area contributed by atoms with Crippen LogP contribution in [0.1, 0.15) is 26.5 Å². The van der Waals surface area contributed by atoms with E-state index in [4.69, 9.17) is 11.6 Å². The lowest BCUT2D eigenvalue weighted by atomic mass is 9.98. The average molecular weight is 195 g/mol. The number of nitrogens with zero attached hydrogens (tertiary/aromatic N) is 2. The van der Waals surface area contributed by atoms with Crippen LogP contribution >= 0.6 is 11.6 Å². The van der Waals surface area contributed by atoms with Crippen molar-refractivity contribution in [1.82, 2.24) is 9.97 Å². The maximum absolute atomic E-state index is 5.68. The fourth-order valence-corrected chi connectivity index (χ4v) is 0.800. The Bertz CT molecular complexity index is 355. The minimum atomic E-state index is -0.0164. The highest BCUT2D eigenvalue weighted by atomic mass is 35.5. The van der Waals surface area contributed by atoms with Crippen molar-refractivity contribution in [1.29, 1.82) is 0 Å². The zero-order valence-corrected chi connectivity index (χ0v) is 8.68. The van der Waals surface area contributed by atoms with Crippen LogP contribution in [0.15, 0.2) is 12.4 Å². The van der Waals surface area contributed by atoms with Crippen molar-refractivity contribution in [2.45, 2.75) is 20.8 Å². The molecule has 0 saturated heterocycles. The molecule has 0 N–H and O–H groups in total. The molecule has 0 amide bonds. The molecule has 0 aliphatic rings. The highest BCUT2D eigenvalue weighted by Crippen LogP contribution is 2.10. The van der Waals surface area contributed by atoms with Crippen molar-refractivity contribution in [3.8, 4) is 11.8 Å². The fourth-order valence-electron chi connectivity index (χ4n) is 0.653. The van der Waals surface area contributed by atoms with Gasteiger partial charge >= 0.3 is 0 Å². The molecule has 1 aromatic heterocycles. The van der Waals surface area contributed by atoms with Crippen LogP contribution in [0.2, 0.25) is 5.15 Å². The van der Waals surface area contributed by atoms with E-state index in [1.165, 1.54) is 6.33 Å². The van der Waals surface area contributed by atoms with Crippen molar-refractivity contribution in [3.63, 3.8) is 0 Å².